The van der Waals surface area contributed by atoms with E-state index in [1.807, 2.05) is 6.07 Å². The first-order valence-electron chi connectivity index (χ1n) is 3.99. The molecule has 0 spiro atoms. The van der Waals surface area contributed by atoms with Crippen LogP contribution in [0.1, 0.15) is 11.1 Å². The van der Waals surface area contributed by atoms with E-state index < -0.39 is 0 Å². The van der Waals surface area contributed by atoms with Crippen LogP contribution in [-0.4, -0.2) is 10.2 Å². The molecule has 5 heteroatoms. The van der Waals surface area contributed by atoms with E-state index in [0.29, 0.717) is 12.2 Å². The summed E-state index contributed by atoms with van der Waals surface area (Å²) < 4.78 is 0. The number of nitrogens with zero attached hydrogens (tertiary/aromatic N) is 2. The fraction of sp³-hybridized carbons (Fsp3) is 0.222. The summed E-state index contributed by atoms with van der Waals surface area (Å²) >= 11 is 1.25. The molecule has 3 N–H and O–H groups in total. The second-order valence-corrected chi connectivity index (χ2v) is 3.71. The zero-order valence-electron chi connectivity index (χ0n) is 7.53. The van der Waals surface area contributed by atoms with E-state index in [4.69, 9.17) is 16.4 Å². The average molecular weight is 206 g/mol. The molecule has 0 aliphatic heterocycles. The van der Waals surface area contributed by atoms with E-state index in [9.17, 15) is 0 Å². The van der Waals surface area contributed by atoms with Gasteiger partial charge in [-0.2, -0.15) is 5.26 Å². The molecule has 0 saturated carbocycles. The van der Waals surface area contributed by atoms with Gasteiger partial charge in [0.25, 0.3) is 0 Å². The third-order valence-corrected chi connectivity index (χ3v) is 2.32. The lowest BCUT2D eigenvalue weighted by Crippen LogP contribution is -2.04. The lowest BCUT2D eigenvalue weighted by Gasteiger charge is -2.00. The first-order valence-corrected chi connectivity index (χ1v) is 4.97. The number of rotatable bonds is 3. The largest absolute Gasteiger partial charge is 0.379 e. The van der Waals surface area contributed by atoms with Crippen LogP contribution in [0.5, 0.6) is 0 Å². The van der Waals surface area contributed by atoms with Crippen molar-refractivity contribution >= 4 is 16.9 Å². The molecular weight excluding hydrogens is 196 g/mol. The number of nitrogens with one attached hydrogen (secondary N) is 1. The third-order valence-electron chi connectivity index (χ3n) is 1.53. The number of aromatic nitrogens is 1. The van der Waals surface area contributed by atoms with Gasteiger partial charge in [-0.15, -0.1) is 0 Å². The summed E-state index contributed by atoms with van der Waals surface area (Å²) in [6.45, 7) is 0. The van der Waals surface area contributed by atoms with Gasteiger partial charge in [-0.25, -0.2) is 0 Å². The second-order valence-electron chi connectivity index (χ2n) is 2.69. The van der Waals surface area contributed by atoms with Crippen molar-refractivity contribution in [3.8, 4) is 6.07 Å². The van der Waals surface area contributed by atoms with Gasteiger partial charge in [-0.1, -0.05) is 17.8 Å². The van der Waals surface area contributed by atoms with Crippen LogP contribution in [0.3, 0.4) is 0 Å². The minimum Gasteiger partial charge on any atom is -0.379 e. The van der Waals surface area contributed by atoms with Crippen LogP contribution in [0.15, 0.2) is 18.5 Å². The molecule has 0 unspecified atom stereocenters. The van der Waals surface area contributed by atoms with Gasteiger partial charge in [-0.3, -0.25) is 10.4 Å². The highest BCUT2D eigenvalue weighted by Gasteiger charge is 1.98. The highest BCUT2D eigenvalue weighted by Crippen LogP contribution is 2.11. The second kappa shape index (κ2) is 5.25. The van der Waals surface area contributed by atoms with E-state index in [0.717, 1.165) is 11.1 Å². The van der Waals surface area contributed by atoms with Gasteiger partial charge in [0.15, 0.2) is 5.17 Å². The molecule has 1 aromatic heterocycles. The standard InChI is InChI=1S/C9H10N4S/c10-2-1-7-3-8(5-13-4-7)6-14-9(11)12/h3-5H,1,6H2,(H3,11,12). The number of amidine groups is 1. The highest BCUT2D eigenvalue weighted by atomic mass is 32.2. The molecule has 0 radical (unpaired) electrons. The normalized spacial score (nSPS) is 9.36. The molecule has 0 fully saturated rings. The van der Waals surface area contributed by atoms with Crippen molar-refractivity contribution in [1.29, 1.82) is 10.7 Å². The molecule has 1 rings (SSSR count). The first kappa shape index (κ1) is 10.5. The Kier molecular flexibility index (Phi) is 3.95. The topological polar surface area (TPSA) is 86.5 Å². The van der Waals surface area contributed by atoms with Crippen LogP contribution in [0.25, 0.3) is 0 Å². The summed E-state index contributed by atoms with van der Waals surface area (Å²) in [5.74, 6) is 0.627. The maximum Gasteiger partial charge on any atom is 0.151 e. The van der Waals surface area contributed by atoms with Crippen LogP contribution < -0.4 is 5.73 Å². The Morgan fingerprint density at radius 1 is 1.57 bits per heavy atom. The number of hydrogen-bond acceptors (Lipinski definition) is 4. The van der Waals surface area contributed by atoms with Crippen molar-refractivity contribution in [3.05, 3.63) is 29.6 Å². The lowest BCUT2D eigenvalue weighted by atomic mass is 10.2. The SMILES string of the molecule is N#CCc1cncc(CSC(=N)N)c1. The Morgan fingerprint density at radius 3 is 2.93 bits per heavy atom. The van der Waals surface area contributed by atoms with Gasteiger partial charge < -0.3 is 5.73 Å². The molecule has 0 aliphatic carbocycles. The first-order chi connectivity index (χ1) is 6.72. The Balaban J connectivity index is 2.64. The van der Waals surface area contributed by atoms with Gasteiger partial charge in [0.05, 0.1) is 12.5 Å². The number of nitriles is 1. The van der Waals surface area contributed by atoms with Crippen LogP contribution in [0, 0.1) is 16.7 Å². The maximum absolute atomic E-state index is 8.49. The van der Waals surface area contributed by atoms with Crippen molar-refractivity contribution < 1.29 is 0 Å². The summed E-state index contributed by atoms with van der Waals surface area (Å²) in [6, 6.07) is 3.97. The van der Waals surface area contributed by atoms with Gasteiger partial charge in [0.2, 0.25) is 0 Å². The van der Waals surface area contributed by atoms with Crippen molar-refractivity contribution in [3.63, 3.8) is 0 Å². The van der Waals surface area contributed by atoms with Crippen LogP contribution in [-0.2, 0) is 12.2 Å². The molecule has 0 saturated heterocycles. The minimum absolute atomic E-state index is 0.0932. The molecule has 1 heterocycles. The van der Waals surface area contributed by atoms with Crippen molar-refractivity contribution in [2.75, 3.05) is 0 Å². The van der Waals surface area contributed by atoms with E-state index in [1.54, 1.807) is 12.4 Å². The van der Waals surface area contributed by atoms with Crippen molar-refractivity contribution in [2.24, 2.45) is 5.73 Å². The Bertz CT molecular complexity index is 369. The average Bonchev–Trinajstić information content (AvgIpc) is 2.16. The molecule has 0 aliphatic rings. The molecule has 4 nitrogen and oxygen atoms in total. The highest BCUT2D eigenvalue weighted by molar-refractivity contribution is 8.13. The molecular formula is C9H10N4S. The smallest absolute Gasteiger partial charge is 0.151 e. The van der Waals surface area contributed by atoms with E-state index in [2.05, 4.69) is 11.1 Å². The quantitative estimate of drug-likeness (QED) is 0.576. The molecule has 0 amide bonds. The van der Waals surface area contributed by atoms with Crippen LogP contribution in [0.2, 0.25) is 0 Å². The van der Waals surface area contributed by atoms with Gasteiger partial charge in [-0.05, 0) is 11.1 Å². The minimum atomic E-state index is 0.0932. The fourth-order valence-electron chi connectivity index (χ4n) is 0.969. The molecule has 1 aromatic rings. The third kappa shape index (κ3) is 3.46. The van der Waals surface area contributed by atoms with E-state index in [1.165, 1.54) is 11.8 Å². The van der Waals surface area contributed by atoms with Crippen molar-refractivity contribution in [2.45, 2.75) is 12.2 Å². The number of pyridine rings is 1. The maximum atomic E-state index is 8.49. The molecule has 0 bridgehead atoms. The Hall–Kier alpha value is -1.54. The summed E-state index contributed by atoms with van der Waals surface area (Å²) in [4.78, 5) is 4.01. The van der Waals surface area contributed by atoms with Crippen molar-refractivity contribution in [1.82, 2.24) is 4.98 Å². The predicted octanol–water partition coefficient (Wildman–Crippen LogP) is 1.27. The lowest BCUT2D eigenvalue weighted by molar-refractivity contribution is 1.16. The molecule has 72 valence electrons. The fourth-order valence-corrected chi connectivity index (χ4v) is 1.45. The molecule has 14 heavy (non-hydrogen) atoms. The van der Waals surface area contributed by atoms with Crippen LogP contribution >= 0.6 is 11.8 Å². The summed E-state index contributed by atoms with van der Waals surface area (Å²) in [5.41, 5.74) is 7.09. The number of hydrogen-bond donors (Lipinski definition) is 2. The number of nitrogens with two attached hydrogens (primary N) is 1. The monoisotopic (exact) mass is 206 g/mol. The summed E-state index contributed by atoms with van der Waals surface area (Å²) in [7, 11) is 0. The zero-order chi connectivity index (χ0) is 10.4. The predicted molar refractivity (Wildman–Crippen MR) is 56.8 cm³/mol. The molecule has 0 aromatic carbocycles. The zero-order valence-corrected chi connectivity index (χ0v) is 8.34. The Morgan fingerprint density at radius 2 is 2.29 bits per heavy atom. The summed E-state index contributed by atoms with van der Waals surface area (Å²) in [6.07, 6.45) is 3.76. The van der Waals surface area contributed by atoms with Crippen LogP contribution in [0.4, 0.5) is 0 Å². The van der Waals surface area contributed by atoms with E-state index >= 15 is 0 Å². The molecule has 0 atom stereocenters. The van der Waals surface area contributed by atoms with Gasteiger partial charge in [0.1, 0.15) is 0 Å². The van der Waals surface area contributed by atoms with Gasteiger partial charge in [0, 0.05) is 18.1 Å². The Labute approximate surface area is 86.7 Å². The van der Waals surface area contributed by atoms with E-state index in [-0.39, 0.29) is 5.17 Å². The summed E-state index contributed by atoms with van der Waals surface area (Å²) in [5, 5.41) is 15.6. The number of thioether (sulfide) groups is 1. The van der Waals surface area contributed by atoms with Gasteiger partial charge >= 0.3 is 0 Å².